The summed E-state index contributed by atoms with van der Waals surface area (Å²) in [5, 5.41) is 17.6. The summed E-state index contributed by atoms with van der Waals surface area (Å²) in [5.74, 6) is 1.08. The molecule has 1 atom stereocenters. The summed E-state index contributed by atoms with van der Waals surface area (Å²) < 4.78 is 5.56. The Kier molecular flexibility index (Phi) is 9.13. The van der Waals surface area contributed by atoms with Gasteiger partial charge in [0.1, 0.15) is 17.6 Å². The van der Waals surface area contributed by atoms with Crippen LogP contribution >= 0.6 is 0 Å². The zero-order valence-corrected chi connectivity index (χ0v) is 26.4. The monoisotopic (exact) mass is 613 g/mol. The van der Waals surface area contributed by atoms with E-state index in [-0.39, 0.29) is 6.04 Å². The molecule has 0 spiro atoms. The van der Waals surface area contributed by atoms with Crippen LogP contribution < -0.4 is 21.3 Å². The molecule has 3 aliphatic heterocycles. The Balaban J connectivity index is 1.06. The fourth-order valence-corrected chi connectivity index (χ4v) is 7.20. The first-order valence-corrected chi connectivity index (χ1v) is 16.7. The molecule has 0 amide bonds. The molecule has 2 aromatic heterocycles. The average molecular weight is 614 g/mol. The number of anilines is 4. The molecule has 3 saturated heterocycles. The molecule has 3 aromatic rings. The second kappa shape index (κ2) is 13.6. The molecule has 4 fully saturated rings. The summed E-state index contributed by atoms with van der Waals surface area (Å²) in [4.78, 5) is 21.9. The van der Waals surface area contributed by atoms with Crippen molar-refractivity contribution in [1.29, 1.82) is 0 Å². The predicted octanol–water partition coefficient (Wildman–Crippen LogP) is 3.88. The summed E-state index contributed by atoms with van der Waals surface area (Å²) in [6.45, 7) is 10.7. The fraction of sp³-hybridized carbons (Fsp3) is 0.559. The van der Waals surface area contributed by atoms with Crippen LogP contribution in [0.5, 0.6) is 0 Å². The summed E-state index contributed by atoms with van der Waals surface area (Å²) >= 11 is 0. The second-order valence-corrected chi connectivity index (χ2v) is 13.0. The number of pyridine rings is 1. The van der Waals surface area contributed by atoms with Crippen LogP contribution in [0.3, 0.4) is 0 Å². The SMILES string of the molecule is Cc1cc(Nc2nc(NC3CCOCC3)c(-c3ccncc3)nc2C(N)O)ccc1N1CCC(N2CCN(C3CC3)CC2)CC1. The molecule has 11 nitrogen and oxygen atoms in total. The number of nitrogens with two attached hydrogens (primary N) is 1. The lowest BCUT2D eigenvalue weighted by Gasteiger charge is -2.43. The Labute approximate surface area is 266 Å². The van der Waals surface area contributed by atoms with Crippen LogP contribution in [0.15, 0.2) is 42.7 Å². The average Bonchev–Trinajstić information content (AvgIpc) is 3.92. The van der Waals surface area contributed by atoms with Gasteiger partial charge in [-0.05, 0) is 81.3 Å². The Hall–Kier alpha value is -3.35. The largest absolute Gasteiger partial charge is 0.381 e. The van der Waals surface area contributed by atoms with Crippen molar-refractivity contribution in [3.8, 4) is 11.3 Å². The number of rotatable bonds is 9. The van der Waals surface area contributed by atoms with Crippen molar-refractivity contribution in [2.24, 2.45) is 5.73 Å². The van der Waals surface area contributed by atoms with Crippen LogP contribution in [0.1, 0.15) is 56.0 Å². The van der Waals surface area contributed by atoms with Crippen LogP contribution in [0.2, 0.25) is 0 Å². The molecule has 0 radical (unpaired) electrons. The van der Waals surface area contributed by atoms with Crippen molar-refractivity contribution in [3.05, 3.63) is 54.0 Å². The van der Waals surface area contributed by atoms with Gasteiger partial charge in [0, 0.05) is 99.9 Å². The molecule has 7 rings (SSSR count). The zero-order chi connectivity index (χ0) is 30.8. The first kappa shape index (κ1) is 30.3. The topological polar surface area (TPSA) is 128 Å². The van der Waals surface area contributed by atoms with Gasteiger partial charge in [0.15, 0.2) is 11.6 Å². The van der Waals surface area contributed by atoms with E-state index >= 15 is 0 Å². The highest BCUT2D eigenvalue weighted by Gasteiger charge is 2.34. The lowest BCUT2D eigenvalue weighted by molar-refractivity contribution is 0.0809. The van der Waals surface area contributed by atoms with Crippen LogP contribution in [-0.2, 0) is 4.74 Å². The molecule has 240 valence electrons. The van der Waals surface area contributed by atoms with Gasteiger partial charge in [-0.2, -0.15) is 0 Å². The van der Waals surface area contributed by atoms with Crippen molar-refractivity contribution in [2.45, 2.75) is 69.8 Å². The molecule has 11 heteroatoms. The summed E-state index contributed by atoms with van der Waals surface area (Å²) in [6, 6.07) is 12.0. The van der Waals surface area contributed by atoms with Gasteiger partial charge in [-0.15, -0.1) is 0 Å². The molecule has 0 bridgehead atoms. The molecule has 5 N–H and O–H groups in total. The van der Waals surface area contributed by atoms with Crippen LogP contribution in [0.4, 0.5) is 23.0 Å². The van der Waals surface area contributed by atoms with E-state index in [1.165, 1.54) is 63.1 Å². The number of aromatic nitrogens is 3. The van der Waals surface area contributed by atoms with E-state index in [1.807, 2.05) is 12.1 Å². The Bertz CT molecular complexity index is 1430. The third-order valence-corrected chi connectivity index (χ3v) is 9.91. The predicted molar refractivity (Wildman–Crippen MR) is 178 cm³/mol. The number of aliphatic hydroxyl groups excluding tert-OH is 1. The number of aliphatic hydroxyl groups is 1. The standard InChI is InChI=1S/C34H47N9O2/c1-23-22-26(2-5-29(23)43-14-8-28(9-15-43)42-18-16-41(17-19-42)27-3-4-27)38-34-31(32(35)44)39-30(24-6-12-36-13-7-24)33(40-34)37-25-10-20-45-21-11-25/h2,5-7,12-13,22,25,27-28,32,44H,3-4,8-11,14-21,35H2,1H3,(H2,37,38,40). The highest BCUT2D eigenvalue weighted by atomic mass is 16.5. The molecule has 45 heavy (non-hydrogen) atoms. The van der Waals surface area contributed by atoms with Gasteiger partial charge < -0.3 is 31.1 Å². The normalized spacial score (nSPS) is 21.5. The highest BCUT2D eigenvalue weighted by molar-refractivity contribution is 5.75. The highest BCUT2D eigenvalue weighted by Crippen LogP contribution is 2.34. The molecule has 1 aliphatic carbocycles. The second-order valence-electron chi connectivity index (χ2n) is 13.0. The lowest BCUT2D eigenvalue weighted by atomic mass is 10.0. The quantitative estimate of drug-likeness (QED) is 0.263. The minimum absolute atomic E-state index is 0.216. The van der Waals surface area contributed by atoms with Crippen LogP contribution in [0.25, 0.3) is 11.3 Å². The lowest BCUT2D eigenvalue weighted by Crippen LogP contribution is -2.53. The number of hydrogen-bond acceptors (Lipinski definition) is 11. The van der Waals surface area contributed by atoms with Crippen molar-refractivity contribution < 1.29 is 9.84 Å². The first-order chi connectivity index (χ1) is 22.0. The minimum Gasteiger partial charge on any atom is -0.381 e. The number of piperidine rings is 1. The van der Waals surface area contributed by atoms with Crippen LogP contribution in [-0.4, -0.2) is 100 Å². The maximum Gasteiger partial charge on any atom is 0.158 e. The van der Waals surface area contributed by atoms with Gasteiger partial charge in [-0.1, -0.05) is 0 Å². The van der Waals surface area contributed by atoms with Crippen molar-refractivity contribution >= 4 is 23.0 Å². The Morgan fingerprint density at radius 2 is 1.51 bits per heavy atom. The van der Waals surface area contributed by atoms with Gasteiger partial charge in [0.25, 0.3) is 0 Å². The molecule has 1 unspecified atom stereocenters. The maximum atomic E-state index is 10.6. The third-order valence-electron chi connectivity index (χ3n) is 9.91. The van der Waals surface area contributed by atoms with E-state index < -0.39 is 6.23 Å². The van der Waals surface area contributed by atoms with Crippen molar-refractivity contribution in [1.82, 2.24) is 24.8 Å². The fourth-order valence-electron chi connectivity index (χ4n) is 7.20. The van der Waals surface area contributed by atoms with E-state index in [9.17, 15) is 5.11 Å². The van der Waals surface area contributed by atoms with Gasteiger partial charge in [0.2, 0.25) is 0 Å². The third kappa shape index (κ3) is 7.07. The number of aryl methyl sites for hydroxylation is 1. The number of benzene rings is 1. The molecule has 1 saturated carbocycles. The number of ether oxygens (including phenoxy) is 1. The van der Waals surface area contributed by atoms with E-state index in [4.69, 9.17) is 20.4 Å². The van der Waals surface area contributed by atoms with Gasteiger partial charge in [-0.25, -0.2) is 9.97 Å². The Morgan fingerprint density at radius 1 is 0.844 bits per heavy atom. The molecule has 4 aliphatic rings. The van der Waals surface area contributed by atoms with Crippen molar-refractivity contribution in [2.75, 3.05) is 68.0 Å². The van der Waals surface area contributed by atoms with E-state index in [0.717, 1.165) is 43.2 Å². The van der Waals surface area contributed by atoms with Gasteiger partial charge in [-0.3, -0.25) is 14.8 Å². The number of nitrogens with zero attached hydrogens (tertiary/aromatic N) is 6. The van der Waals surface area contributed by atoms with Gasteiger partial charge in [0.05, 0.1) is 0 Å². The molecule has 1 aromatic carbocycles. The number of hydrogen-bond donors (Lipinski definition) is 4. The van der Waals surface area contributed by atoms with Crippen LogP contribution in [0, 0.1) is 6.92 Å². The summed E-state index contributed by atoms with van der Waals surface area (Å²) in [5.41, 5.74) is 11.2. The first-order valence-electron chi connectivity index (χ1n) is 16.7. The smallest absolute Gasteiger partial charge is 0.158 e. The zero-order valence-electron chi connectivity index (χ0n) is 26.4. The van der Waals surface area contributed by atoms with Crippen molar-refractivity contribution in [3.63, 3.8) is 0 Å². The maximum absolute atomic E-state index is 10.6. The minimum atomic E-state index is -1.30. The molecule has 5 heterocycles. The molecular weight excluding hydrogens is 566 g/mol. The summed E-state index contributed by atoms with van der Waals surface area (Å²) in [7, 11) is 0. The van der Waals surface area contributed by atoms with Gasteiger partial charge >= 0.3 is 0 Å². The Morgan fingerprint density at radius 3 is 2.13 bits per heavy atom. The summed E-state index contributed by atoms with van der Waals surface area (Å²) in [6.07, 6.45) is 9.16. The van der Waals surface area contributed by atoms with E-state index in [1.54, 1.807) is 12.4 Å². The number of nitrogens with one attached hydrogen (secondary N) is 2. The van der Waals surface area contributed by atoms with E-state index in [0.29, 0.717) is 42.3 Å². The number of piperazine rings is 1. The molecular formula is C34H47N9O2. The van der Waals surface area contributed by atoms with E-state index in [2.05, 4.69) is 55.4 Å².